The molecular weight excluding hydrogens is 258 g/mol. The summed E-state index contributed by atoms with van der Waals surface area (Å²) in [5.74, 6) is -1.22. The summed E-state index contributed by atoms with van der Waals surface area (Å²) in [5, 5.41) is 9.08. The van der Waals surface area contributed by atoms with Crippen molar-refractivity contribution < 1.29 is 23.1 Å². The zero-order valence-corrected chi connectivity index (χ0v) is 11.6. The van der Waals surface area contributed by atoms with Crippen LogP contribution in [0.4, 0.5) is 0 Å². The summed E-state index contributed by atoms with van der Waals surface area (Å²) in [6.07, 6.45) is 2.06. The van der Waals surface area contributed by atoms with Gasteiger partial charge in [-0.05, 0) is 25.7 Å². The molecule has 0 radical (unpaired) electrons. The van der Waals surface area contributed by atoms with Crippen molar-refractivity contribution in [1.29, 1.82) is 0 Å². The maximum Gasteiger partial charge on any atom is 0.322 e. The normalized spacial score (nSPS) is 23.8. The Labute approximate surface area is 108 Å². The Morgan fingerprint density at radius 2 is 2.17 bits per heavy atom. The summed E-state index contributed by atoms with van der Waals surface area (Å²) in [6, 6.07) is -0.918. The number of carboxylic acid groups (broad SMARTS) is 1. The van der Waals surface area contributed by atoms with Gasteiger partial charge in [0.15, 0.2) is 0 Å². The molecule has 1 rings (SSSR count). The van der Waals surface area contributed by atoms with Crippen molar-refractivity contribution >= 4 is 16.0 Å². The molecule has 1 fully saturated rings. The smallest absolute Gasteiger partial charge is 0.322 e. The number of carboxylic acids is 1. The number of rotatable bonds is 6. The monoisotopic (exact) mass is 279 g/mol. The maximum atomic E-state index is 12.2. The number of carbonyl (C=O) groups is 1. The van der Waals surface area contributed by atoms with E-state index in [9.17, 15) is 13.2 Å². The molecule has 0 aromatic rings. The molecule has 0 amide bonds. The highest BCUT2D eigenvalue weighted by Gasteiger charge is 2.37. The highest BCUT2D eigenvalue weighted by molar-refractivity contribution is 7.89. The molecule has 0 spiro atoms. The quantitative estimate of drug-likeness (QED) is 0.773. The van der Waals surface area contributed by atoms with E-state index in [0.29, 0.717) is 25.8 Å². The second-order valence-corrected chi connectivity index (χ2v) is 6.47. The van der Waals surface area contributed by atoms with Gasteiger partial charge in [-0.3, -0.25) is 4.79 Å². The van der Waals surface area contributed by atoms with Gasteiger partial charge in [0.05, 0.1) is 11.9 Å². The summed E-state index contributed by atoms with van der Waals surface area (Å²) >= 11 is 0. The van der Waals surface area contributed by atoms with Crippen molar-refractivity contribution in [2.45, 2.75) is 44.8 Å². The Morgan fingerprint density at radius 1 is 1.50 bits per heavy atom. The molecule has 6 nitrogen and oxygen atoms in total. The number of methoxy groups -OCH3 is 1. The van der Waals surface area contributed by atoms with E-state index >= 15 is 0 Å². The van der Waals surface area contributed by atoms with E-state index in [0.717, 1.165) is 10.7 Å². The molecule has 1 heterocycles. The molecule has 0 aliphatic carbocycles. The number of sulfonamides is 1. The van der Waals surface area contributed by atoms with Crippen LogP contribution in [0.15, 0.2) is 0 Å². The fourth-order valence-electron chi connectivity index (χ4n) is 2.17. The third-order valence-corrected chi connectivity index (χ3v) is 5.23. The Kier molecular flexibility index (Phi) is 5.55. The van der Waals surface area contributed by atoms with Crippen LogP contribution in [0.5, 0.6) is 0 Å². The molecule has 0 aromatic heterocycles. The van der Waals surface area contributed by atoms with Crippen LogP contribution in [-0.4, -0.2) is 55.4 Å². The van der Waals surface area contributed by atoms with Gasteiger partial charge in [0.1, 0.15) is 6.04 Å². The summed E-state index contributed by atoms with van der Waals surface area (Å²) in [6.45, 7) is 2.13. The van der Waals surface area contributed by atoms with Crippen LogP contribution >= 0.6 is 0 Å². The third-order valence-electron chi connectivity index (χ3n) is 3.28. The molecule has 2 unspecified atom stereocenters. The van der Waals surface area contributed by atoms with Crippen molar-refractivity contribution in [3.63, 3.8) is 0 Å². The SMILES string of the molecule is CCC(CS(=O)(=O)N1CCCCC1C(=O)O)OC. The lowest BCUT2D eigenvalue weighted by molar-refractivity contribution is -0.142. The second kappa shape index (κ2) is 6.49. The zero-order chi connectivity index (χ0) is 13.8. The Bertz CT molecular complexity index is 377. The third kappa shape index (κ3) is 3.66. The Balaban J connectivity index is 2.84. The molecule has 2 atom stereocenters. The van der Waals surface area contributed by atoms with Crippen LogP contribution in [0.3, 0.4) is 0 Å². The summed E-state index contributed by atoms with van der Waals surface area (Å²) in [4.78, 5) is 11.1. The molecule has 1 aliphatic rings. The van der Waals surface area contributed by atoms with Crippen LogP contribution in [-0.2, 0) is 19.6 Å². The lowest BCUT2D eigenvalue weighted by Gasteiger charge is -2.32. The van der Waals surface area contributed by atoms with Crippen molar-refractivity contribution in [3.05, 3.63) is 0 Å². The summed E-state index contributed by atoms with van der Waals surface area (Å²) < 4.78 is 30.6. The van der Waals surface area contributed by atoms with Gasteiger partial charge in [0, 0.05) is 13.7 Å². The average Bonchev–Trinajstić information content (AvgIpc) is 2.36. The highest BCUT2D eigenvalue weighted by Crippen LogP contribution is 2.22. The van der Waals surface area contributed by atoms with Crippen molar-refractivity contribution in [1.82, 2.24) is 4.31 Å². The average molecular weight is 279 g/mol. The fraction of sp³-hybridized carbons (Fsp3) is 0.909. The van der Waals surface area contributed by atoms with Gasteiger partial charge in [0.25, 0.3) is 0 Å². The number of hydrogen-bond acceptors (Lipinski definition) is 4. The lowest BCUT2D eigenvalue weighted by atomic mass is 10.1. The maximum absolute atomic E-state index is 12.2. The number of hydrogen-bond donors (Lipinski definition) is 1. The summed E-state index contributed by atoms with van der Waals surface area (Å²) in [7, 11) is -2.11. The molecule has 0 bridgehead atoms. The topological polar surface area (TPSA) is 83.9 Å². The standard InChI is InChI=1S/C11H21NO5S/c1-3-9(17-2)8-18(15,16)12-7-5-4-6-10(12)11(13)14/h9-10H,3-8H2,1-2H3,(H,13,14). The minimum atomic E-state index is -3.57. The number of aliphatic carboxylic acids is 1. The van der Waals surface area contributed by atoms with Crippen molar-refractivity contribution in [3.8, 4) is 0 Å². The van der Waals surface area contributed by atoms with Gasteiger partial charge in [-0.15, -0.1) is 0 Å². The molecular formula is C11H21NO5S. The molecule has 0 saturated carbocycles. The molecule has 1 saturated heterocycles. The van der Waals surface area contributed by atoms with E-state index in [-0.39, 0.29) is 11.9 Å². The van der Waals surface area contributed by atoms with E-state index in [1.165, 1.54) is 7.11 Å². The van der Waals surface area contributed by atoms with Crippen molar-refractivity contribution in [2.24, 2.45) is 0 Å². The van der Waals surface area contributed by atoms with E-state index in [1.54, 1.807) is 0 Å². The number of piperidine rings is 1. The van der Waals surface area contributed by atoms with Gasteiger partial charge in [-0.1, -0.05) is 6.92 Å². The van der Waals surface area contributed by atoms with Gasteiger partial charge in [0.2, 0.25) is 10.0 Å². The minimum Gasteiger partial charge on any atom is -0.480 e. The molecule has 1 aliphatic heterocycles. The van der Waals surface area contributed by atoms with E-state index in [4.69, 9.17) is 9.84 Å². The van der Waals surface area contributed by atoms with E-state index in [1.807, 2.05) is 6.92 Å². The number of nitrogens with zero attached hydrogens (tertiary/aromatic N) is 1. The van der Waals surface area contributed by atoms with Crippen molar-refractivity contribution in [2.75, 3.05) is 19.4 Å². The van der Waals surface area contributed by atoms with Gasteiger partial charge in [-0.25, -0.2) is 8.42 Å². The van der Waals surface area contributed by atoms with E-state index in [2.05, 4.69) is 0 Å². The fourth-order valence-corrected chi connectivity index (χ4v) is 4.19. The second-order valence-electron chi connectivity index (χ2n) is 4.51. The van der Waals surface area contributed by atoms with Crippen LogP contribution < -0.4 is 0 Å². The molecule has 0 aromatic carbocycles. The molecule has 1 N–H and O–H groups in total. The molecule has 18 heavy (non-hydrogen) atoms. The van der Waals surface area contributed by atoms with Crippen LogP contribution in [0.25, 0.3) is 0 Å². The van der Waals surface area contributed by atoms with Crippen LogP contribution in [0.2, 0.25) is 0 Å². The first kappa shape index (κ1) is 15.4. The van der Waals surface area contributed by atoms with Gasteiger partial charge >= 0.3 is 5.97 Å². The zero-order valence-electron chi connectivity index (χ0n) is 10.8. The predicted molar refractivity (Wildman–Crippen MR) is 66.9 cm³/mol. The minimum absolute atomic E-state index is 0.149. The van der Waals surface area contributed by atoms with Crippen LogP contribution in [0, 0.1) is 0 Å². The molecule has 7 heteroatoms. The van der Waals surface area contributed by atoms with Gasteiger partial charge < -0.3 is 9.84 Å². The van der Waals surface area contributed by atoms with Crippen LogP contribution in [0.1, 0.15) is 32.6 Å². The first-order valence-corrected chi connectivity index (χ1v) is 7.78. The predicted octanol–water partition coefficient (Wildman–Crippen LogP) is 0.680. The van der Waals surface area contributed by atoms with E-state index < -0.39 is 22.0 Å². The first-order valence-electron chi connectivity index (χ1n) is 6.17. The number of ether oxygens (including phenoxy) is 1. The highest BCUT2D eigenvalue weighted by atomic mass is 32.2. The Morgan fingerprint density at radius 3 is 2.67 bits per heavy atom. The summed E-state index contributed by atoms with van der Waals surface area (Å²) in [5.41, 5.74) is 0. The Hall–Kier alpha value is -0.660. The van der Waals surface area contributed by atoms with Gasteiger partial charge in [-0.2, -0.15) is 4.31 Å². The lowest BCUT2D eigenvalue weighted by Crippen LogP contribution is -2.49. The largest absolute Gasteiger partial charge is 0.480 e. The first-order chi connectivity index (χ1) is 8.42. The molecule has 106 valence electrons.